The fourth-order valence-electron chi connectivity index (χ4n) is 2.57. The summed E-state index contributed by atoms with van der Waals surface area (Å²) in [4.78, 5) is -1.50. The lowest BCUT2D eigenvalue weighted by Gasteiger charge is -2.12. The third-order valence-electron chi connectivity index (χ3n) is 3.86. The van der Waals surface area contributed by atoms with Gasteiger partial charge in [0.2, 0.25) is 0 Å². The van der Waals surface area contributed by atoms with E-state index < -0.39 is 47.2 Å². The van der Waals surface area contributed by atoms with Crippen LogP contribution in [0.1, 0.15) is 0 Å². The van der Waals surface area contributed by atoms with Gasteiger partial charge in [-0.25, -0.2) is 0 Å². The fourth-order valence-corrected chi connectivity index (χ4v) is 3.77. The highest BCUT2D eigenvalue weighted by molar-refractivity contribution is 7.86. The van der Waals surface area contributed by atoms with Gasteiger partial charge in [0.25, 0.3) is 20.2 Å². The molecule has 0 radical (unpaired) electrons. The second-order valence-electron chi connectivity index (χ2n) is 5.84. The van der Waals surface area contributed by atoms with Gasteiger partial charge < -0.3 is 15.9 Å². The van der Waals surface area contributed by atoms with Gasteiger partial charge in [-0.05, 0) is 41.8 Å². The lowest BCUT2D eigenvalue weighted by Crippen LogP contribution is -2.03. The molecule has 0 atom stereocenters. The number of nitrogen functional groups attached to an aromatic ring is 1. The van der Waals surface area contributed by atoms with E-state index in [4.69, 9.17) is 10.3 Å². The summed E-state index contributed by atoms with van der Waals surface area (Å²) in [7, 11) is -9.60. The summed E-state index contributed by atoms with van der Waals surface area (Å²) < 4.78 is 65.0. The minimum atomic E-state index is -4.89. The van der Waals surface area contributed by atoms with Crippen LogP contribution in [0.5, 0.6) is 11.5 Å². The Kier molecular flexibility index (Phi) is 4.92. The normalized spacial score (nSPS) is 12.6. The Morgan fingerprint density at radius 3 is 2.00 bits per heavy atom. The van der Waals surface area contributed by atoms with E-state index in [1.54, 1.807) is 0 Å². The van der Waals surface area contributed by atoms with Crippen molar-refractivity contribution in [3.63, 3.8) is 0 Å². The number of phenols is 2. The lowest BCUT2D eigenvalue weighted by molar-refractivity contribution is 0.471. The first-order chi connectivity index (χ1) is 13.4. The number of phenolic OH excluding ortho intramolecular Hbond substituents is 2. The smallest absolute Gasteiger partial charge is 0.296 e. The summed E-state index contributed by atoms with van der Waals surface area (Å²) in [6, 6.07) is 7.80. The number of nitrogens with two attached hydrogens (primary N) is 1. The van der Waals surface area contributed by atoms with Gasteiger partial charge >= 0.3 is 0 Å². The molecule has 0 saturated carbocycles. The molecule has 0 fully saturated rings. The Labute approximate surface area is 164 Å². The summed E-state index contributed by atoms with van der Waals surface area (Å²) in [6.07, 6.45) is 0. The predicted octanol–water partition coefficient (Wildman–Crippen LogP) is 2.74. The molecule has 13 heteroatoms. The number of hydrogen-bond acceptors (Lipinski definition) is 9. The molecule has 6 N–H and O–H groups in total. The molecule has 0 aliphatic rings. The van der Waals surface area contributed by atoms with Gasteiger partial charge in [0.05, 0.1) is 16.3 Å². The summed E-state index contributed by atoms with van der Waals surface area (Å²) in [5, 5.41) is 26.6. The minimum absolute atomic E-state index is 0.0349. The maximum atomic E-state index is 11.8. The van der Waals surface area contributed by atoms with Gasteiger partial charge in [0.15, 0.2) is 0 Å². The molecule has 0 spiro atoms. The van der Waals surface area contributed by atoms with Crippen LogP contribution in [0.2, 0.25) is 0 Å². The summed E-state index contributed by atoms with van der Waals surface area (Å²) in [6.45, 7) is 0. The Morgan fingerprint density at radius 2 is 1.45 bits per heavy atom. The summed E-state index contributed by atoms with van der Waals surface area (Å²) in [5.74, 6) is -0.706. The third-order valence-corrected chi connectivity index (χ3v) is 5.56. The van der Waals surface area contributed by atoms with Gasteiger partial charge in [0, 0.05) is 11.5 Å². The summed E-state index contributed by atoms with van der Waals surface area (Å²) in [5.41, 5.74) is 5.24. The highest BCUT2D eigenvalue weighted by atomic mass is 32.2. The number of aromatic hydroxyl groups is 2. The van der Waals surface area contributed by atoms with E-state index in [0.29, 0.717) is 0 Å². The van der Waals surface area contributed by atoms with Crippen molar-refractivity contribution in [3.8, 4) is 11.5 Å². The molecule has 29 heavy (non-hydrogen) atoms. The van der Waals surface area contributed by atoms with E-state index in [2.05, 4.69) is 10.2 Å². The van der Waals surface area contributed by atoms with Crippen molar-refractivity contribution >= 4 is 48.1 Å². The van der Waals surface area contributed by atoms with Crippen molar-refractivity contribution in [3.05, 3.63) is 42.5 Å². The predicted molar refractivity (Wildman–Crippen MR) is 102 cm³/mol. The zero-order valence-electron chi connectivity index (χ0n) is 14.3. The Morgan fingerprint density at radius 1 is 0.828 bits per heavy atom. The van der Waals surface area contributed by atoms with E-state index in [9.17, 15) is 31.6 Å². The molecular formula is C16H13N3O8S2. The average Bonchev–Trinajstić information content (AvgIpc) is 2.60. The van der Waals surface area contributed by atoms with Gasteiger partial charge in [-0.1, -0.05) is 0 Å². The Hall–Kier alpha value is -3.26. The number of rotatable bonds is 4. The molecule has 0 unspecified atom stereocenters. The number of azo groups is 1. The van der Waals surface area contributed by atoms with Crippen LogP contribution in [0, 0.1) is 0 Å². The zero-order valence-corrected chi connectivity index (χ0v) is 15.9. The SMILES string of the molecule is Nc1c(N=Nc2ccc(O)cc2)c(S(=O)(=O)O)cc2cc(S(=O)(=O)O)cc(O)c12. The molecule has 3 aromatic rings. The minimum Gasteiger partial charge on any atom is -0.508 e. The van der Waals surface area contributed by atoms with Crippen LogP contribution < -0.4 is 5.73 Å². The van der Waals surface area contributed by atoms with E-state index in [0.717, 1.165) is 18.2 Å². The molecule has 0 aromatic heterocycles. The lowest BCUT2D eigenvalue weighted by atomic mass is 10.1. The van der Waals surface area contributed by atoms with Crippen molar-refractivity contribution in [2.75, 3.05) is 5.73 Å². The topological polar surface area (TPSA) is 200 Å². The highest BCUT2D eigenvalue weighted by Gasteiger charge is 2.24. The van der Waals surface area contributed by atoms with Crippen molar-refractivity contribution in [2.45, 2.75) is 9.79 Å². The van der Waals surface area contributed by atoms with Crippen molar-refractivity contribution < 1.29 is 36.2 Å². The quantitative estimate of drug-likeness (QED) is 0.230. The van der Waals surface area contributed by atoms with Gasteiger partial charge in [0.1, 0.15) is 22.1 Å². The molecule has 3 aromatic carbocycles. The molecule has 11 nitrogen and oxygen atoms in total. The second kappa shape index (κ2) is 6.97. The molecule has 0 heterocycles. The number of hydrogen-bond donors (Lipinski definition) is 5. The Bertz CT molecular complexity index is 1370. The standard InChI is InChI=1S/C16H13N3O8S2/c17-15-14-8(5-11(7-12(14)21)28(22,23)24)6-13(29(25,26)27)16(15)19-18-9-1-3-10(20)4-2-9/h1-7,20-21H,17H2,(H,22,23,24)(H,25,26,27). The van der Waals surface area contributed by atoms with E-state index >= 15 is 0 Å². The second-order valence-corrected chi connectivity index (χ2v) is 8.66. The van der Waals surface area contributed by atoms with Crippen molar-refractivity contribution in [1.29, 1.82) is 0 Å². The fraction of sp³-hybridized carbons (Fsp3) is 0. The van der Waals surface area contributed by atoms with Crippen LogP contribution in [0.15, 0.2) is 62.5 Å². The average molecular weight is 439 g/mol. The van der Waals surface area contributed by atoms with Gasteiger partial charge in [-0.3, -0.25) is 9.11 Å². The van der Waals surface area contributed by atoms with E-state index in [1.165, 1.54) is 24.3 Å². The monoisotopic (exact) mass is 439 g/mol. The maximum absolute atomic E-state index is 11.8. The first-order valence-electron chi connectivity index (χ1n) is 7.63. The number of nitrogens with zero attached hydrogens (tertiary/aromatic N) is 2. The first-order valence-corrected chi connectivity index (χ1v) is 10.5. The molecular weight excluding hydrogens is 426 g/mol. The molecule has 152 valence electrons. The molecule has 0 amide bonds. The van der Waals surface area contributed by atoms with Crippen LogP contribution in [0.3, 0.4) is 0 Å². The number of anilines is 1. The molecule has 3 rings (SSSR count). The molecule has 0 aliphatic carbocycles. The van der Waals surface area contributed by atoms with Crippen LogP contribution in [0.4, 0.5) is 17.1 Å². The molecule has 0 bridgehead atoms. The summed E-state index contributed by atoms with van der Waals surface area (Å²) >= 11 is 0. The Balaban J connectivity index is 2.32. The van der Waals surface area contributed by atoms with Crippen LogP contribution in [-0.2, 0) is 20.2 Å². The largest absolute Gasteiger partial charge is 0.508 e. The first kappa shape index (κ1) is 20.5. The van der Waals surface area contributed by atoms with Gasteiger partial charge in [-0.15, -0.1) is 5.11 Å². The highest BCUT2D eigenvalue weighted by Crippen LogP contribution is 2.43. The van der Waals surface area contributed by atoms with Crippen molar-refractivity contribution in [2.24, 2.45) is 10.2 Å². The van der Waals surface area contributed by atoms with Crippen LogP contribution >= 0.6 is 0 Å². The third kappa shape index (κ3) is 4.12. The van der Waals surface area contributed by atoms with Crippen molar-refractivity contribution in [1.82, 2.24) is 0 Å². The van der Waals surface area contributed by atoms with E-state index in [1.807, 2.05) is 0 Å². The maximum Gasteiger partial charge on any atom is 0.296 e. The molecule has 0 saturated heterocycles. The van der Waals surface area contributed by atoms with Crippen LogP contribution in [0.25, 0.3) is 10.8 Å². The number of fused-ring (bicyclic) bond motifs is 1. The van der Waals surface area contributed by atoms with Gasteiger partial charge in [-0.2, -0.15) is 21.9 Å². The van der Waals surface area contributed by atoms with E-state index in [-0.39, 0.29) is 22.2 Å². The molecule has 0 aliphatic heterocycles. The van der Waals surface area contributed by atoms with Crippen LogP contribution in [-0.4, -0.2) is 36.2 Å². The zero-order chi connectivity index (χ0) is 21.6. The number of benzene rings is 3.